The predicted octanol–water partition coefficient (Wildman–Crippen LogP) is 2.15. The highest BCUT2D eigenvalue weighted by Gasteiger charge is 2.24. The number of nitrogens with one attached hydrogen (secondary N) is 1. The van der Waals surface area contributed by atoms with E-state index in [1.54, 1.807) is 0 Å². The normalized spacial score (nSPS) is 27.6. The third kappa shape index (κ3) is 3.28. The summed E-state index contributed by atoms with van der Waals surface area (Å²) in [5, 5.41) is 13.3. The van der Waals surface area contributed by atoms with Crippen LogP contribution in [0, 0.1) is 5.92 Å². The zero-order valence-electron chi connectivity index (χ0n) is 11.7. The van der Waals surface area contributed by atoms with Crippen molar-refractivity contribution < 1.29 is 5.11 Å². The van der Waals surface area contributed by atoms with Crippen LogP contribution in [0.3, 0.4) is 0 Å². The van der Waals surface area contributed by atoms with E-state index in [4.69, 9.17) is 0 Å². The molecule has 1 aliphatic heterocycles. The summed E-state index contributed by atoms with van der Waals surface area (Å²) >= 11 is 0. The molecule has 2 fully saturated rings. The van der Waals surface area contributed by atoms with Gasteiger partial charge in [-0.3, -0.25) is 0 Å². The number of aliphatic hydroxyl groups excluding tert-OH is 1. The van der Waals surface area contributed by atoms with E-state index in [0.29, 0.717) is 5.92 Å². The molecule has 2 atom stereocenters. The maximum atomic E-state index is 9.78. The second-order valence-electron chi connectivity index (χ2n) is 6.10. The lowest BCUT2D eigenvalue weighted by molar-refractivity contribution is 0.0971. The fraction of sp³-hybridized carbons (Fsp3) is 0.625. The van der Waals surface area contributed by atoms with Crippen LogP contribution in [-0.4, -0.2) is 30.3 Å². The van der Waals surface area contributed by atoms with Gasteiger partial charge in [0.15, 0.2) is 0 Å². The lowest BCUT2D eigenvalue weighted by Crippen LogP contribution is -2.41. The zero-order valence-corrected chi connectivity index (χ0v) is 11.7. The summed E-state index contributed by atoms with van der Waals surface area (Å²) in [5.41, 5.74) is 2.65. The van der Waals surface area contributed by atoms with Gasteiger partial charge in [-0.25, -0.2) is 0 Å². The Labute approximate surface area is 115 Å². The Balaban J connectivity index is 1.58. The number of piperidine rings is 1. The molecule has 0 radical (unpaired) electrons. The number of anilines is 1. The van der Waals surface area contributed by atoms with Crippen LogP contribution in [0.2, 0.25) is 0 Å². The molecule has 3 heteroatoms. The molecule has 1 aliphatic carbocycles. The van der Waals surface area contributed by atoms with Crippen molar-refractivity contribution in [1.29, 1.82) is 0 Å². The van der Waals surface area contributed by atoms with Gasteiger partial charge < -0.3 is 15.3 Å². The third-order valence-electron chi connectivity index (χ3n) is 4.33. The highest BCUT2D eigenvalue weighted by molar-refractivity contribution is 5.48. The minimum atomic E-state index is -0.127. The summed E-state index contributed by atoms with van der Waals surface area (Å²) in [4.78, 5) is 2.38. The third-order valence-corrected chi connectivity index (χ3v) is 4.33. The number of nitrogens with zero attached hydrogens (tertiary/aromatic N) is 1. The minimum absolute atomic E-state index is 0.127. The lowest BCUT2D eigenvalue weighted by atomic mass is 9.96. The maximum absolute atomic E-state index is 9.78. The van der Waals surface area contributed by atoms with Gasteiger partial charge in [0.25, 0.3) is 0 Å². The number of hydrogen-bond acceptors (Lipinski definition) is 3. The maximum Gasteiger partial charge on any atom is 0.0599 e. The molecule has 1 aromatic rings. The van der Waals surface area contributed by atoms with Crippen LogP contribution in [0.15, 0.2) is 24.3 Å². The first kappa shape index (κ1) is 12.9. The molecule has 1 saturated heterocycles. The van der Waals surface area contributed by atoms with Gasteiger partial charge in [0.05, 0.1) is 6.10 Å². The van der Waals surface area contributed by atoms with Gasteiger partial charge in [0.2, 0.25) is 0 Å². The second-order valence-corrected chi connectivity index (χ2v) is 6.10. The van der Waals surface area contributed by atoms with E-state index in [0.717, 1.165) is 32.1 Å². The monoisotopic (exact) mass is 260 g/mol. The van der Waals surface area contributed by atoms with Crippen molar-refractivity contribution in [1.82, 2.24) is 5.32 Å². The largest absolute Gasteiger partial charge is 0.393 e. The van der Waals surface area contributed by atoms with Crippen LogP contribution in [-0.2, 0) is 6.54 Å². The SMILES string of the molecule is CC1CN(c2ccc(CNC3CC3)cc2)CCC1O. The molecular weight excluding hydrogens is 236 g/mol. The van der Waals surface area contributed by atoms with Crippen LogP contribution in [0.25, 0.3) is 0 Å². The van der Waals surface area contributed by atoms with Gasteiger partial charge >= 0.3 is 0 Å². The average Bonchev–Trinajstić information content (AvgIpc) is 3.24. The standard InChI is InChI=1S/C16H24N2O/c1-12-11-18(9-8-16(12)19)15-6-2-13(3-7-15)10-17-14-4-5-14/h2-3,6-7,12,14,16-17,19H,4-5,8-11H2,1H3. The summed E-state index contributed by atoms with van der Waals surface area (Å²) in [5.74, 6) is 0.366. The van der Waals surface area contributed by atoms with Crippen LogP contribution in [0.4, 0.5) is 5.69 Å². The molecule has 3 nitrogen and oxygen atoms in total. The van der Waals surface area contributed by atoms with E-state index >= 15 is 0 Å². The summed E-state index contributed by atoms with van der Waals surface area (Å²) < 4.78 is 0. The molecule has 2 aliphatic rings. The Kier molecular flexibility index (Phi) is 3.76. The topological polar surface area (TPSA) is 35.5 Å². The molecule has 2 unspecified atom stereocenters. The van der Waals surface area contributed by atoms with Crippen molar-refractivity contribution in [3.63, 3.8) is 0 Å². The van der Waals surface area contributed by atoms with Gasteiger partial charge in [-0.1, -0.05) is 19.1 Å². The molecule has 0 aromatic heterocycles. The number of hydrogen-bond donors (Lipinski definition) is 2. The molecule has 2 N–H and O–H groups in total. The van der Waals surface area contributed by atoms with Crippen molar-refractivity contribution >= 4 is 5.69 Å². The highest BCUT2D eigenvalue weighted by atomic mass is 16.3. The summed E-state index contributed by atoms with van der Waals surface area (Å²) in [7, 11) is 0. The van der Waals surface area contributed by atoms with Crippen LogP contribution in [0.5, 0.6) is 0 Å². The molecule has 0 spiro atoms. The first-order chi connectivity index (χ1) is 9.22. The molecule has 1 aromatic carbocycles. The Hall–Kier alpha value is -1.06. The quantitative estimate of drug-likeness (QED) is 0.870. The Morgan fingerprint density at radius 1 is 1.21 bits per heavy atom. The Morgan fingerprint density at radius 3 is 2.58 bits per heavy atom. The van der Waals surface area contributed by atoms with Gasteiger partial charge in [-0.15, -0.1) is 0 Å². The molecule has 0 bridgehead atoms. The van der Waals surface area contributed by atoms with Crippen molar-refractivity contribution in [2.45, 2.75) is 44.9 Å². The first-order valence-corrected chi connectivity index (χ1v) is 7.48. The molecular formula is C16H24N2O. The molecule has 19 heavy (non-hydrogen) atoms. The summed E-state index contributed by atoms with van der Waals surface area (Å²) in [6.07, 6.45) is 3.43. The van der Waals surface area contributed by atoms with Gasteiger partial charge in [0, 0.05) is 31.4 Å². The fourth-order valence-corrected chi connectivity index (χ4v) is 2.74. The van der Waals surface area contributed by atoms with Crippen LogP contribution < -0.4 is 10.2 Å². The minimum Gasteiger partial charge on any atom is -0.393 e. The fourth-order valence-electron chi connectivity index (χ4n) is 2.74. The van der Waals surface area contributed by atoms with Crippen LogP contribution >= 0.6 is 0 Å². The lowest BCUT2D eigenvalue weighted by Gasteiger charge is -2.36. The van der Waals surface area contributed by atoms with Crippen LogP contribution in [0.1, 0.15) is 31.7 Å². The highest BCUT2D eigenvalue weighted by Crippen LogP contribution is 2.24. The number of benzene rings is 1. The first-order valence-electron chi connectivity index (χ1n) is 7.48. The smallest absolute Gasteiger partial charge is 0.0599 e. The predicted molar refractivity (Wildman–Crippen MR) is 78.3 cm³/mol. The number of rotatable bonds is 4. The number of aliphatic hydroxyl groups is 1. The second kappa shape index (κ2) is 5.51. The van der Waals surface area contributed by atoms with Gasteiger partial charge in [0.1, 0.15) is 0 Å². The van der Waals surface area contributed by atoms with E-state index in [9.17, 15) is 5.11 Å². The average molecular weight is 260 g/mol. The molecule has 3 rings (SSSR count). The summed E-state index contributed by atoms with van der Waals surface area (Å²) in [6, 6.07) is 9.65. The van der Waals surface area contributed by atoms with Crippen molar-refractivity contribution in [2.75, 3.05) is 18.0 Å². The van der Waals surface area contributed by atoms with E-state index in [-0.39, 0.29) is 6.10 Å². The molecule has 104 valence electrons. The van der Waals surface area contributed by atoms with Gasteiger partial charge in [-0.05, 0) is 42.9 Å². The zero-order chi connectivity index (χ0) is 13.2. The van der Waals surface area contributed by atoms with Crippen molar-refractivity contribution in [3.8, 4) is 0 Å². The Bertz CT molecular complexity index is 413. The van der Waals surface area contributed by atoms with E-state index < -0.39 is 0 Å². The molecule has 1 saturated carbocycles. The summed E-state index contributed by atoms with van der Waals surface area (Å²) in [6.45, 7) is 5.04. The van der Waals surface area contributed by atoms with Crippen molar-refractivity contribution in [2.24, 2.45) is 5.92 Å². The Morgan fingerprint density at radius 2 is 1.95 bits per heavy atom. The van der Waals surface area contributed by atoms with E-state index in [1.165, 1.54) is 24.1 Å². The molecule has 0 amide bonds. The van der Waals surface area contributed by atoms with Crippen molar-refractivity contribution in [3.05, 3.63) is 29.8 Å². The molecule has 1 heterocycles. The van der Waals surface area contributed by atoms with E-state index in [1.807, 2.05) is 0 Å². The van der Waals surface area contributed by atoms with Gasteiger partial charge in [-0.2, -0.15) is 0 Å². The van der Waals surface area contributed by atoms with E-state index in [2.05, 4.69) is 41.4 Å².